The van der Waals surface area contributed by atoms with Crippen molar-refractivity contribution in [2.24, 2.45) is 11.8 Å². The highest BCUT2D eigenvalue weighted by molar-refractivity contribution is 5.70. The van der Waals surface area contributed by atoms with Gasteiger partial charge in [-0.3, -0.25) is 9.59 Å². The molecular weight excluding hydrogens is 208 g/mol. The van der Waals surface area contributed by atoms with Gasteiger partial charge in [0.25, 0.3) is 0 Å². The van der Waals surface area contributed by atoms with Crippen LogP contribution < -0.4 is 0 Å². The van der Waals surface area contributed by atoms with Crippen molar-refractivity contribution in [1.82, 2.24) is 0 Å². The Morgan fingerprint density at radius 1 is 1.00 bits per heavy atom. The second-order valence-electron chi connectivity index (χ2n) is 4.54. The van der Waals surface area contributed by atoms with E-state index in [4.69, 9.17) is 10.2 Å². The molecule has 0 aromatic rings. The molecule has 0 rings (SSSR count). The van der Waals surface area contributed by atoms with Crippen LogP contribution in [0.1, 0.15) is 52.4 Å². The van der Waals surface area contributed by atoms with Crippen molar-refractivity contribution in [3.63, 3.8) is 0 Å². The van der Waals surface area contributed by atoms with Gasteiger partial charge >= 0.3 is 11.9 Å². The molecule has 94 valence electrons. The Morgan fingerprint density at radius 2 is 1.56 bits per heavy atom. The summed E-state index contributed by atoms with van der Waals surface area (Å²) < 4.78 is 0. The summed E-state index contributed by atoms with van der Waals surface area (Å²) in [5.74, 6) is -1.58. The van der Waals surface area contributed by atoms with Crippen LogP contribution >= 0.6 is 0 Å². The molecule has 16 heavy (non-hydrogen) atoms. The van der Waals surface area contributed by atoms with Gasteiger partial charge in [-0.15, -0.1) is 0 Å². The highest BCUT2D eigenvalue weighted by Crippen LogP contribution is 2.19. The molecule has 0 saturated carbocycles. The Morgan fingerprint density at radius 3 is 2.00 bits per heavy atom. The molecule has 0 aliphatic carbocycles. The Labute approximate surface area is 96.7 Å². The molecule has 0 saturated heterocycles. The summed E-state index contributed by atoms with van der Waals surface area (Å²) in [7, 11) is 0. The van der Waals surface area contributed by atoms with Gasteiger partial charge in [0.15, 0.2) is 0 Å². The first-order chi connectivity index (χ1) is 7.45. The summed E-state index contributed by atoms with van der Waals surface area (Å²) in [6, 6.07) is 0. The molecule has 0 fully saturated rings. The van der Waals surface area contributed by atoms with Gasteiger partial charge in [0.2, 0.25) is 0 Å². The molecule has 0 bridgehead atoms. The number of carbonyl (C=O) groups is 2. The number of unbranched alkanes of at least 4 members (excludes halogenated alkanes) is 3. The highest BCUT2D eigenvalue weighted by atomic mass is 16.4. The predicted molar refractivity (Wildman–Crippen MR) is 61.3 cm³/mol. The topological polar surface area (TPSA) is 74.6 Å². The van der Waals surface area contributed by atoms with Gasteiger partial charge in [-0.05, 0) is 18.8 Å². The molecule has 1 unspecified atom stereocenters. The van der Waals surface area contributed by atoms with Gasteiger partial charge in [-0.25, -0.2) is 0 Å². The van der Waals surface area contributed by atoms with Crippen LogP contribution in [0.5, 0.6) is 0 Å². The standard InChI is InChI=1S/C12H22O4/c1-9(2)10(12(15)16)7-5-3-4-6-8-11(13)14/h9-10H,3-8H2,1-2H3,(H,13,14)(H,15,16). The van der Waals surface area contributed by atoms with Crippen molar-refractivity contribution in [2.75, 3.05) is 0 Å². The van der Waals surface area contributed by atoms with E-state index in [2.05, 4.69) is 0 Å². The second-order valence-corrected chi connectivity index (χ2v) is 4.54. The Bertz CT molecular complexity index is 223. The van der Waals surface area contributed by atoms with Crippen molar-refractivity contribution >= 4 is 11.9 Å². The van der Waals surface area contributed by atoms with E-state index >= 15 is 0 Å². The SMILES string of the molecule is CC(C)C(CCCCCCC(=O)O)C(=O)O. The number of hydrogen-bond acceptors (Lipinski definition) is 2. The van der Waals surface area contributed by atoms with E-state index in [9.17, 15) is 9.59 Å². The Balaban J connectivity index is 3.56. The highest BCUT2D eigenvalue weighted by Gasteiger charge is 2.20. The lowest BCUT2D eigenvalue weighted by Gasteiger charge is -2.15. The molecular formula is C12H22O4. The molecule has 0 amide bonds. The maximum Gasteiger partial charge on any atom is 0.306 e. The molecule has 4 heteroatoms. The first-order valence-corrected chi connectivity index (χ1v) is 5.89. The Kier molecular flexibility index (Phi) is 7.60. The van der Waals surface area contributed by atoms with Gasteiger partial charge in [-0.2, -0.15) is 0 Å². The number of carboxylic acids is 2. The molecule has 0 aromatic carbocycles. The zero-order valence-corrected chi connectivity index (χ0v) is 10.1. The summed E-state index contributed by atoms with van der Waals surface area (Å²) in [4.78, 5) is 21.1. The van der Waals surface area contributed by atoms with Crippen molar-refractivity contribution in [3.8, 4) is 0 Å². The van der Waals surface area contributed by atoms with E-state index in [0.717, 1.165) is 19.3 Å². The van der Waals surface area contributed by atoms with Gasteiger partial charge in [0.1, 0.15) is 0 Å². The largest absolute Gasteiger partial charge is 0.481 e. The lowest BCUT2D eigenvalue weighted by atomic mass is 9.90. The summed E-state index contributed by atoms with van der Waals surface area (Å²) in [5.41, 5.74) is 0. The van der Waals surface area contributed by atoms with Crippen molar-refractivity contribution < 1.29 is 19.8 Å². The average Bonchev–Trinajstić information content (AvgIpc) is 2.14. The predicted octanol–water partition coefficient (Wildman–Crippen LogP) is 2.77. The fraction of sp³-hybridized carbons (Fsp3) is 0.833. The molecule has 1 atom stereocenters. The number of rotatable bonds is 9. The van der Waals surface area contributed by atoms with Gasteiger partial charge in [0, 0.05) is 6.42 Å². The first-order valence-electron chi connectivity index (χ1n) is 5.89. The average molecular weight is 230 g/mol. The van der Waals surface area contributed by atoms with Crippen LogP contribution in [0.4, 0.5) is 0 Å². The minimum absolute atomic E-state index is 0.163. The lowest BCUT2D eigenvalue weighted by Crippen LogP contribution is -2.19. The monoisotopic (exact) mass is 230 g/mol. The van der Waals surface area contributed by atoms with E-state index in [1.165, 1.54) is 0 Å². The summed E-state index contributed by atoms with van der Waals surface area (Å²) in [6.45, 7) is 3.84. The number of carboxylic acid groups (broad SMARTS) is 2. The Hall–Kier alpha value is -1.06. The van der Waals surface area contributed by atoms with Crippen LogP contribution in [0.15, 0.2) is 0 Å². The molecule has 0 aliphatic heterocycles. The maximum atomic E-state index is 10.9. The van der Waals surface area contributed by atoms with Crippen LogP contribution in [0, 0.1) is 11.8 Å². The third-order valence-electron chi connectivity index (χ3n) is 2.78. The lowest BCUT2D eigenvalue weighted by molar-refractivity contribution is -0.143. The summed E-state index contributed by atoms with van der Waals surface area (Å²) >= 11 is 0. The van der Waals surface area contributed by atoms with Crippen LogP contribution in [0.2, 0.25) is 0 Å². The van der Waals surface area contributed by atoms with Crippen LogP contribution in [-0.2, 0) is 9.59 Å². The van der Waals surface area contributed by atoms with Crippen LogP contribution in [-0.4, -0.2) is 22.2 Å². The van der Waals surface area contributed by atoms with E-state index < -0.39 is 11.9 Å². The minimum atomic E-state index is -0.759. The molecule has 0 heterocycles. The third kappa shape index (κ3) is 7.26. The fourth-order valence-electron chi connectivity index (χ4n) is 1.74. The summed E-state index contributed by atoms with van der Waals surface area (Å²) in [6.07, 6.45) is 4.26. The van der Waals surface area contributed by atoms with E-state index in [1.54, 1.807) is 0 Å². The molecule has 0 radical (unpaired) electrons. The first kappa shape index (κ1) is 14.9. The number of hydrogen-bond donors (Lipinski definition) is 2. The zero-order valence-electron chi connectivity index (χ0n) is 10.1. The van der Waals surface area contributed by atoms with Crippen molar-refractivity contribution in [2.45, 2.75) is 52.4 Å². The van der Waals surface area contributed by atoms with E-state index in [-0.39, 0.29) is 18.3 Å². The molecule has 0 aromatic heterocycles. The summed E-state index contributed by atoms with van der Waals surface area (Å²) in [5, 5.41) is 17.4. The van der Waals surface area contributed by atoms with Crippen molar-refractivity contribution in [3.05, 3.63) is 0 Å². The minimum Gasteiger partial charge on any atom is -0.481 e. The molecule has 0 spiro atoms. The maximum absolute atomic E-state index is 10.9. The zero-order chi connectivity index (χ0) is 12.6. The molecule has 2 N–H and O–H groups in total. The van der Waals surface area contributed by atoms with Gasteiger partial charge in [0.05, 0.1) is 5.92 Å². The second kappa shape index (κ2) is 8.13. The van der Waals surface area contributed by atoms with Crippen molar-refractivity contribution in [1.29, 1.82) is 0 Å². The quantitative estimate of drug-likeness (QED) is 0.597. The fourth-order valence-corrected chi connectivity index (χ4v) is 1.74. The molecule has 0 aliphatic rings. The van der Waals surface area contributed by atoms with E-state index in [1.807, 2.05) is 13.8 Å². The van der Waals surface area contributed by atoms with Gasteiger partial charge in [-0.1, -0.05) is 33.1 Å². The van der Waals surface area contributed by atoms with Gasteiger partial charge < -0.3 is 10.2 Å². The van der Waals surface area contributed by atoms with E-state index in [0.29, 0.717) is 12.8 Å². The van der Waals surface area contributed by atoms with Crippen LogP contribution in [0.25, 0.3) is 0 Å². The third-order valence-corrected chi connectivity index (χ3v) is 2.78. The molecule has 4 nitrogen and oxygen atoms in total. The smallest absolute Gasteiger partial charge is 0.306 e. The van der Waals surface area contributed by atoms with Crippen LogP contribution in [0.3, 0.4) is 0 Å². The normalized spacial score (nSPS) is 12.7. The number of aliphatic carboxylic acids is 2.